The Labute approximate surface area is 121 Å². The van der Waals surface area contributed by atoms with Gasteiger partial charge in [0.25, 0.3) is 5.91 Å². The summed E-state index contributed by atoms with van der Waals surface area (Å²) in [6, 6.07) is 2.50. The lowest BCUT2D eigenvalue weighted by molar-refractivity contribution is -0.123. The molecule has 1 aliphatic heterocycles. The van der Waals surface area contributed by atoms with E-state index >= 15 is 0 Å². The Balaban J connectivity index is 2.02. The number of nitrogens with two attached hydrogens (primary N) is 1. The van der Waals surface area contributed by atoms with Gasteiger partial charge in [0.05, 0.1) is 11.6 Å². The zero-order chi connectivity index (χ0) is 15.6. The van der Waals surface area contributed by atoms with Crippen molar-refractivity contribution in [2.24, 2.45) is 5.73 Å². The molecule has 0 spiro atoms. The molecule has 0 aliphatic carbocycles. The normalized spacial score (nSPS) is 17.6. The van der Waals surface area contributed by atoms with Crippen molar-refractivity contribution in [2.75, 3.05) is 26.2 Å². The van der Waals surface area contributed by atoms with E-state index in [2.05, 4.69) is 0 Å². The molecule has 0 saturated carbocycles. The lowest BCUT2D eigenvalue weighted by Gasteiger charge is -2.37. The maximum absolute atomic E-state index is 13.6. The van der Waals surface area contributed by atoms with Crippen LogP contribution in [0.15, 0.2) is 18.2 Å². The van der Waals surface area contributed by atoms with Crippen molar-refractivity contribution in [3.05, 3.63) is 35.4 Å². The van der Waals surface area contributed by atoms with Crippen molar-refractivity contribution in [1.82, 2.24) is 9.80 Å². The van der Waals surface area contributed by atoms with Crippen molar-refractivity contribution in [1.29, 1.82) is 0 Å². The summed E-state index contributed by atoms with van der Waals surface area (Å²) in [5.41, 5.74) is 5.09. The predicted octanol–water partition coefficient (Wildman–Crippen LogP) is 0.596. The molecule has 1 saturated heterocycles. The topological polar surface area (TPSA) is 66.6 Å². The van der Waals surface area contributed by atoms with Crippen LogP contribution in [0, 0.1) is 11.6 Å². The fourth-order valence-corrected chi connectivity index (χ4v) is 2.33. The summed E-state index contributed by atoms with van der Waals surface area (Å²) in [5.74, 6) is -2.48. The SMILES string of the molecule is CC(C(N)=O)N1CCN(C(=O)c2ccc(F)cc2F)CC1. The van der Waals surface area contributed by atoms with Crippen LogP contribution in [0.4, 0.5) is 8.78 Å². The van der Waals surface area contributed by atoms with Crippen LogP contribution in [0.2, 0.25) is 0 Å². The molecule has 2 amide bonds. The molecular formula is C14H17F2N3O2. The molecule has 0 aromatic heterocycles. The van der Waals surface area contributed by atoms with Crippen LogP contribution < -0.4 is 5.73 Å². The number of piperazine rings is 1. The number of carbonyl (C=O) groups is 2. The summed E-state index contributed by atoms with van der Waals surface area (Å²) >= 11 is 0. The summed E-state index contributed by atoms with van der Waals surface area (Å²) in [6.07, 6.45) is 0. The Bertz CT molecular complexity index is 557. The number of carbonyl (C=O) groups excluding carboxylic acids is 2. The van der Waals surface area contributed by atoms with Crippen LogP contribution in [-0.2, 0) is 4.79 Å². The van der Waals surface area contributed by atoms with Gasteiger partial charge in [0.1, 0.15) is 11.6 Å². The summed E-state index contributed by atoms with van der Waals surface area (Å²) in [4.78, 5) is 26.7. The lowest BCUT2D eigenvalue weighted by Crippen LogP contribution is -2.54. The molecule has 114 valence electrons. The van der Waals surface area contributed by atoms with Crippen LogP contribution in [0.25, 0.3) is 0 Å². The number of hydrogen-bond donors (Lipinski definition) is 1. The Kier molecular flexibility index (Phi) is 4.52. The number of nitrogens with zero attached hydrogens (tertiary/aromatic N) is 2. The minimum atomic E-state index is -0.868. The smallest absolute Gasteiger partial charge is 0.256 e. The second-order valence-corrected chi connectivity index (χ2v) is 5.03. The van der Waals surface area contributed by atoms with Crippen LogP contribution in [0.5, 0.6) is 0 Å². The standard InChI is InChI=1S/C14H17F2N3O2/c1-9(13(17)20)18-4-6-19(7-5-18)14(21)11-3-2-10(15)8-12(11)16/h2-3,8-9H,4-7H2,1H3,(H2,17,20). The first kappa shape index (κ1) is 15.4. The third-order valence-corrected chi connectivity index (χ3v) is 3.72. The number of hydrogen-bond acceptors (Lipinski definition) is 3. The van der Waals surface area contributed by atoms with E-state index in [1.807, 2.05) is 4.90 Å². The molecule has 1 aromatic rings. The van der Waals surface area contributed by atoms with E-state index in [4.69, 9.17) is 5.73 Å². The van der Waals surface area contributed by atoms with Gasteiger partial charge in [-0.25, -0.2) is 8.78 Å². The van der Waals surface area contributed by atoms with E-state index < -0.39 is 29.5 Å². The molecule has 0 radical (unpaired) electrons. The summed E-state index contributed by atoms with van der Waals surface area (Å²) in [6.45, 7) is 3.41. The van der Waals surface area contributed by atoms with Crippen molar-refractivity contribution in [3.8, 4) is 0 Å². The van der Waals surface area contributed by atoms with E-state index in [0.29, 0.717) is 32.2 Å². The van der Waals surface area contributed by atoms with Crippen molar-refractivity contribution < 1.29 is 18.4 Å². The molecule has 0 bridgehead atoms. The number of halogens is 2. The van der Waals surface area contributed by atoms with Gasteiger partial charge in [-0.3, -0.25) is 14.5 Å². The van der Waals surface area contributed by atoms with Crippen molar-refractivity contribution in [2.45, 2.75) is 13.0 Å². The average molecular weight is 297 g/mol. The molecular weight excluding hydrogens is 280 g/mol. The van der Waals surface area contributed by atoms with Gasteiger partial charge in [0.2, 0.25) is 5.91 Å². The Morgan fingerprint density at radius 1 is 1.19 bits per heavy atom. The first-order chi connectivity index (χ1) is 9.90. The maximum atomic E-state index is 13.6. The number of rotatable bonds is 3. The highest BCUT2D eigenvalue weighted by Gasteiger charge is 2.27. The maximum Gasteiger partial charge on any atom is 0.256 e. The molecule has 1 unspecified atom stereocenters. The van der Waals surface area contributed by atoms with E-state index in [1.54, 1.807) is 6.92 Å². The molecule has 2 N–H and O–H groups in total. The van der Waals surface area contributed by atoms with Crippen LogP contribution >= 0.6 is 0 Å². The number of primary amides is 1. The van der Waals surface area contributed by atoms with Gasteiger partial charge < -0.3 is 10.6 Å². The van der Waals surface area contributed by atoms with E-state index in [-0.39, 0.29) is 5.56 Å². The zero-order valence-electron chi connectivity index (χ0n) is 11.7. The molecule has 2 rings (SSSR count). The first-order valence-corrected chi connectivity index (χ1v) is 6.68. The van der Waals surface area contributed by atoms with E-state index in [1.165, 1.54) is 4.90 Å². The highest BCUT2D eigenvalue weighted by atomic mass is 19.1. The van der Waals surface area contributed by atoms with Gasteiger partial charge in [-0.1, -0.05) is 0 Å². The molecule has 21 heavy (non-hydrogen) atoms. The number of benzene rings is 1. The molecule has 5 nitrogen and oxygen atoms in total. The number of amides is 2. The molecule has 1 aromatic carbocycles. The summed E-state index contributed by atoms with van der Waals surface area (Å²) < 4.78 is 26.5. The molecule has 1 fully saturated rings. The van der Waals surface area contributed by atoms with Crippen LogP contribution in [0.3, 0.4) is 0 Å². The fraction of sp³-hybridized carbons (Fsp3) is 0.429. The predicted molar refractivity (Wildman–Crippen MR) is 72.5 cm³/mol. The third kappa shape index (κ3) is 3.36. The summed E-state index contributed by atoms with van der Waals surface area (Å²) in [7, 11) is 0. The largest absolute Gasteiger partial charge is 0.368 e. The Hall–Kier alpha value is -2.02. The summed E-state index contributed by atoms with van der Waals surface area (Å²) in [5, 5.41) is 0. The molecule has 1 atom stereocenters. The highest BCUT2D eigenvalue weighted by Crippen LogP contribution is 2.14. The lowest BCUT2D eigenvalue weighted by atomic mass is 10.1. The van der Waals surface area contributed by atoms with Gasteiger partial charge in [0.15, 0.2) is 0 Å². The minimum absolute atomic E-state index is 0.146. The van der Waals surface area contributed by atoms with Crippen molar-refractivity contribution >= 4 is 11.8 Å². The highest BCUT2D eigenvalue weighted by molar-refractivity contribution is 5.94. The van der Waals surface area contributed by atoms with Crippen LogP contribution in [0.1, 0.15) is 17.3 Å². The first-order valence-electron chi connectivity index (χ1n) is 6.68. The Morgan fingerprint density at radius 3 is 2.33 bits per heavy atom. The van der Waals surface area contributed by atoms with Gasteiger partial charge in [0, 0.05) is 32.2 Å². The fourth-order valence-electron chi connectivity index (χ4n) is 2.33. The second kappa shape index (κ2) is 6.17. The van der Waals surface area contributed by atoms with Crippen LogP contribution in [-0.4, -0.2) is 53.8 Å². The van der Waals surface area contributed by atoms with E-state index in [0.717, 1.165) is 12.1 Å². The van der Waals surface area contributed by atoms with Gasteiger partial charge >= 0.3 is 0 Å². The van der Waals surface area contributed by atoms with Crippen molar-refractivity contribution in [3.63, 3.8) is 0 Å². The van der Waals surface area contributed by atoms with E-state index in [9.17, 15) is 18.4 Å². The molecule has 1 heterocycles. The zero-order valence-corrected chi connectivity index (χ0v) is 11.7. The average Bonchev–Trinajstić information content (AvgIpc) is 2.46. The molecule has 1 aliphatic rings. The van der Waals surface area contributed by atoms with Gasteiger partial charge in [-0.15, -0.1) is 0 Å². The third-order valence-electron chi connectivity index (χ3n) is 3.72. The quantitative estimate of drug-likeness (QED) is 0.888. The molecule has 7 heteroatoms. The van der Waals surface area contributed by atoms with Gasteiger partial charge in [-0.2, -0.15) is 0 Å². The monoisotopic (exact) mass is 297 g/mol. The van der Waals surface area contributed by atoms with Gasteiger partial charge in [-0.05, 0) is 19.1 Å². The minimum Gasteiger partial charge on any atom is -0.368 e. The second-order valence-electron chi connectivity index (χ2n) is 5.03. The Morgan fingerprint density at radius 2 is 1.81 bits per heavy atom.